The molecule has 0 aliphatic heterocycles. The topological polar surface area (TPSA) is 61.5 Å². The highest BCUT2D eigenvalue weighted by Crippen LogP contribution is 2.28. The first-order valence-electron chi connectivity index (χ1n) is 8.82. The Bertz CT molecular complexity index is 945. The van der Waals surface area contributed by atoms with Gasteiger partial charge >= 0.3 is 0 Å². The van der Waals surface area contributed by atoms with Crippen LogP contribution >= 0.6 is 23.4 Å². The van der Waals surface area contributed by atoms with Gasteiger partial charge in [0.15, 0.2) is 11.5 Å². The molecule has 28 heavy (non-hydrogen) atoms. The molecule has 0 bridgehead atoms. The minimum atomic E-state index is 0.649. The van der Waals surface area contributed by atoms with Gasteiger partial charge in [-0.2, -0.15) is 9.78 Å². The van der Waals surface area contributed by atoms with Crippen LogP contribution in [-0.4, -0.2) is 34.8 Å². The number of benzene rings is 2. The molecule has 0 atom stereocenters. The molecule has 0 saturated heterocycles. The molecule has 0 fully saturated rings. The number of aromatic nitrogens is 3. The van der Waals surface area contributed by atoms with Crippen LogP contribution in [0.1, 0.15) is 24.5 Å². The first-order valence-corrected chi connectivity index (χ1v) is 10.2. The van der Waals surface area contributed by atoms with Crippen molar-refractivity contribution in [2.75, 3.05) is 13.7 Å². The molecule has 0 saturated carbocycles. The molecule has 3 aromatic rings. The van der Waals surface area contributed by atoms with E-state index in [0.29, 0.717) is 23.3 Å². The van der Waals surface area contributed by atoms with Crippen molar-refractivity contribution in [2.45, 2.75) is 24.3 Å². The highest BCUT2D eigenvalue weighted by molar-refractivity contribution is 7.98. The summed E-state index contributed by atoms with van der Waals surface area (Å²) in [6.07, 6.45) is 4.24. The smallest absolute Gasteiger partial charge is 0.212 e. The summed E-state index contributed by atoms with van der Waals surface area (Å²) in [5.41, 5.74) is 1.93. The molecule has 1 heterocycles. The molecule has 0 N–H and O–H groups in total. The van der Waals surface area contributed by atoms with Gasteiger partial charge in [0.2, 0.25) is 5.16 Å². The molecule has 0 spiro atoms. The average Bonchev–Trinajstić information content (AvgIpc) is 3.17. The molecular formula is C20H21ClN4O2S. The largest absolute Gasteiger partial charge is 0.493 e. The number of nitrogens with zero attached hydrogens (tertiary/aromatic N) is 4. The van der Waals surface area contributed by atoms with E-state index in [2.05, 4.69) is 22.2 Å². The lowest BCUT2D eigenvalue weighted by atomic mass is 10.2. The maximum atomic E-state index is 6.21. The third kappa shape index (κ3) is 5.27. The molecule has 6 nitrogen and oxygen atoms in total. The normalized spacial score (nSPS) is 11.1. The first-order chi connectivity index (χ1) is 13.7. The van der Waals surface area contributed by atoms with Gasteiger partial charge in [0.25, 0.3) is 0 Å². The molecule has 0 unspecified atom stereocenters. The van der Waals surface area contributed by atoms with Crippen molar-refractivity contribution < 1.29 is 9.47 Å². The second-order valence-electron chi connectivity index (χ2n) is 5.84. The molecule has 2 aromatic carbocycles. The van der Waals surface area contributed by atoms with Crippen molar-refractivity contribution in [3.63, 3.8) is 0 Å². The van der Waals surface area contributed by atoms with Crippen LogP contribution in [0.15, 0.2) is 59.0 Å². The van der Waals surface area contributed by atoms with Gasteiger partial charge in [0, 0.05) is 10.8 Å². The van der Waals surface area contributed by atoms with Crippen LogP contribution in [0.4, 0.5) is 0 Å². The minimum absolute atomic E-state index is 0.649. The number of hydrogen-bond donors (Lipinski definition) is 0. The zero-order valence-corrected chi connectivity index (χ0v) is 17.3. The molecular weight excluding hydrogens is 396 g/mol. The predicted octanol–water partition coefficient (Wildman–Crippen LogP) is 4.90. The summed E-state index contributed by atoms with van der Waals surface area (Å²) in [7, 11) is 1.62. The van der Waals surface area contributed by atoms with E-state index in [-0.39, 0.29) is 0 Å². The third-order valence-electron chi connectivity index (χ3n) is 3.80. The summed E-state index contributed by atoms with van der Waals surface area (Å²) in [5, 5.41) is 14.0. The van der Waals surface area contributed by atoms with Crippen molar-refractivity contribution in [3.8, 4) is 11.5 Å². The zero-order chi connectivity index (χ0) is 19.8. The van der Waals surface area contributed by atoms with Crippen molar-refractivity contribution >= 4 is 29.6 Å². The summed E-state index contributed by atoms with van der Waals surface area (Å²) in [6, 6.07) is 13.4. The highest BCUT2D eigenvalue weighted by Gasteiger charge is 2.08. The van der Waals surface area contributed by atoms with Crippen LogP contribution in [0.3, 0.4) is 0 Å². The number of thioether (sulfide) groups is 1. The number of methoxy groups -OCH3 is 1. The van der Waals surface area contributed by atoms with Gasteiger partial charge in [-0.15, -0.1) is 10.2 Å². The van der Waals surface area contributed by atoms with E-state index in [4.69, 9.17) is 21.1 Å². The fourth-order valence-electron chi connectivity index (χ4n) is 2.38. The van der Waals surface area contributed by atoms with E-state index in [1.807, 2.05) is 42.5 Å². The lowest BCUT2D eigenvalue weighted by Crippen LogP contribution is -1.99. The van der Waals surface area contributed by atoms with Gasteiger partial charge in [0.05, 0.1) is 19.9 Å². The highest BCUT2D eigenvalue weighted by atomic mass is 35.5. The molecule has 1 aromatic heterocycles. The van der Waals surface area contributed by atoms with E-state index >= 15 is 0 Å². The molecule has 0 amide bonds. The first kappa shape index (κ1) is 20.2. The fourth-order valence-corrected chi connectivity index (χ4v) is 3.53. The Hall–Kier alpha value is -2.51. The van der Waals surface area contributed by atoms with Gasteiger partial charge in [-0.1, -0.05) is 48.5 Å². The quantitative estimate of drug-likeness (QED) is 0.366. The summed E-state index contributed by atoms with van der Waals surface area (Å²) in [5.74, 6) is 2.08. The van der Waals surface area contributed by atoms with Crippen LogP contribution in [-0.2, 0) is 5.75 Å². The van der Waals surface area contributed by atoms with Gasteiger partial charge in [-0.05, 0) is 41.8 Å². The van der Waals surface area contributed by atoms with Crippen molar-refractivity contribution in [3.05, 3.63) is 64.9 Å². The Morgan fingerprint density at radius 3 is 2.86 bits per heavy atom. The third-order valence-corrected chi connectivity index (χ3v) is 5.15. The molecule has 0 radical (unpaired) electrons. The summed E-state index contributed by atoms with van der Waals surface area (Å²) < 4.78 is 12.7. The predicted molar refractivity (Wildman–Crippen MR) is 113 cm³/mol. The monoisotopic (exact) mass is 416 g/mol. The standard InChI is InChI=1S/C20H21ClN4O2S/c1-3-10-27-18-9-8-15(11-19(18)26-2)12-23-25-14-22-24-20(25)28-13-16-6-4-5-7-17(16)21/h4-9,11-12,14H,3,10,13H2,1-2H3. The van der Waals surface area contributed by atoms with Crippen molar-refractivity contribution in [1.29, 1.82) is 0 Å². The van der Waals surface area contributed by atoms with Crippen LogP contribution in [0.5, 0.6) is 11.5 Å². The van der Waals surface area contributed by atoms with Crippen LogP contribution in [0, 0.1) is 0 Å². The van der Waals surface area contributed by atoms with Gasteiger partial charge < -0.3 is 9.47 Å². The number of hydrogen-bond acceptors (Lipinski definition) is 6. The fraction of sp³-hybridized carbons (Fsp3) is 0.250. The summed E-state index contributed by atoms with van der Waals surface area (Å²) in [4.78, 5) is 0. The Morgan fingerprint density at radius 1 is 1.21 bits per heavy atom. The summed E-state index contributed by atoms with van der Waals surface area (Å²) in [6.45, 7) is 2.71. The Morgan fingerprint density at radius 2 is 2.07 bits per heavy atom. The lowest BCUT2D eigenvalue weighted by Gasteiger charge is -2.10. The van der Waals surface area contributed by atoms with Gasteiger partial charge in [-0.25, -0.2) is 0 Å². The molecule has 8 heteroatoms. The molecule has 0 aliphatic carbocycles. The second kappa shape index (κ2) is 10.1. The Kier molecular flexibility index (Phi) is 7.33. The summed E-state index contributed by atoms with van der Waals surface area (Å²) >= 11 is 7.73. The van der Waals surface area contributed by atoms with Crippen LogP contribution in [0.2, 0.25) is 5.02 Å². The van der Waals surface area contributed by atoms with E-state index in [9.17, 15) is 0 Å². The van der Waals surface area contributed by atoms with E-state index in [1.165, 1.54) is 11.8 Å². The van der Waals surface area contributed by atoms with E-state index in [1.54, 1.807) is 24.3 Å². The van der Waals surface area contributed by atoms with E-state index < -0.39 is 0 Å². The van der Waals surface area contributed by atoms with Crippen LogP contribution in [0.25, 0.3) is 0 Å². The lowest BCUT2D eigenvalue weighted by molar-refractivity contribution is 0.294. The maximum absolute atomic E-state index is 6.21. The number of halogens is 1. The molecule has 146 valence electrons. The second-order valence-corrected chi connectivity index (χ2v) is 7.19. The number of rotatable bonds is 9. The van der Waals surface area contributed by atoms with E-state index in [0.717, 1.165) is 28.3 Å². The van der Waals surface area contributed by atoms with Gasteiger partial charge in [0.1, 0.15) is 6.33 Å². The molecule has 0 aliphatic rings. The SMILES string of the molecule is CCCOc1ccc(C=Nn2cnnc2SCc2ccccc2Cl)cc1OC. The zero-order valence-electron chi connectivity index (χ0n) is 15.7. The Labute approximate surface area is 173 Å². The van der Waals surface area contributed by atoms with Gasteiger partial charge in [-0.3, -0.25) is 0 Å². The van der Waals surface area contributed by atoms with Crippen LogP contribution < -0.4 is 9.47 Å². The van der Waals surface area contributed by atoms with Crippen molar-refractivity contribution in [2.24, 2.45) is 5.10 Å². The minimum Gasteiger partial charge on any atom is -0.493 e. The molecule has 3 rings (SSSR count). The average molecular weight is 417 g/mol. The Balaban J connectivity index is 1.70. The van der Waals surface area contributed by atoms with Crippen molar-refractivity contribution in [1.82, 2.24) is 14.9 Å². The number of ether oxygens (including phenoxy) is 2. The maximum Gasteiger partial charge on any atom is 0.212 e.